The molecule has 3 heteroatoms. The van der Waals surface area contributed by atoms with Gasteiger partial charge in [-0.15, -0.1) is 0 Å². The van der Waals surface area contributed by atoms with Crippen LogP contribution in [0.15, 0.2) is 29.1 Å². The van der Waals surface area contributed by atoms with Crippen molar-refractivity contribution < 1.29 is 0 Å². The maximum atomic E-state index is 11.3. The normalized spacial score (nSPS) is 7.94. The Morgan fingerprint density at radius 1 is 0.944 bits per heavy atom. The molecule has 0 unspecified atom stereocenters. The van der Waals surface area contributed by atoms with Gasteiger partial charge >= 0.3 is 0 Å². The second kappa shape index (κ2) is 11.8. The van der Waals surface area contributed by atoms with Gasteiger partial charge in [0.25, 0.3) is 5.56 Å². The number of fused-ring (bicyclic) bond motifs is 1. The summed E-state index contributed by atoms with van der Waals surface area (Å²) in [5.74, 6) is 0.652. The molecule has 0 fully saturated rings. The molecule has 0 aliphatic carbocycles. The van der Waals surface area contributed by atoms with E-state index in [1.54, 1.807) is 13.0 Å². The monoisotopic (exact) mass is 250 g/mol. The second-order valence-electron chi connectivity index (χ2n) is 2.67. The van der Waals surface area contributed by atoms with E-state index in [2.05, 4.69) is 9.97 Å². The summed E-state index contributed by atoms with van der Waals surface area (Å²) in [6.07, 6.45) is 0. The summed E-state index contributed by atoms with van der Waals surface area (Å²) < 4.78 is 0. The SMILES string of the molecule is CC.CC.CC.Cc1nc2ccccc2c(=O)[nH]1. The molecule has 1 heterocycles. The van der Waals surface area contributed by atoms with Crippen molar-refractivity contribution in [2.45, 2.75) is 48.5 Å². The Hall–Kier alpha value is -1.64. The molecule has 0 aliphatic rings. The molecule has 1 aromatic carbocycles. The van der Waals surface area contributed by atoms with Gasteiger partial charge in [-0.1, -0.05) is 53.7 Å². The summed E-state index contributed by atoms with van der Waals surface area (Å²) in [6, 6.07) is 7.29. The van der Waals surface area contributed by atoms with E-state index >= 15 is 0 Å². The van der Waals surface area contributed by atoms with Crippen LogP contribution in [0.4, 0.5) is 0 Å². The molecule has 102 valence electrons. The highest BCUT2D eigenvalue weighted by molar-refractivity contribution is 5.76. The van der Waals surface area contributed by atoms with Gasteiger partial charge in [-0.2, -0.15) is 0 Å². The average molecular weight is 250 g/mol. The first kappa shape index (κ1) is 18.7. The van der Waals surface area contributed by atoms with Crippen LogP contribution in [-0.4, -0.2) is 9.97 Å². The summed E-state index contributed by atoms with van der Waals surface area (Å²) in [7, 11) is 0. The van der Waals surface area contributed by atoms with Crippen molar-refractivity contribution in [3.63, 3.8) is 0 Å². The number of para-hydroxylation sites is 1. The van der Waals surface area contributed by atoms with Gasteiger partial charge in [-0.3, -0.25) is 4.79 Å². The van der Waals surface area contributed by atoms with Crippen LogP contribution in [0.5, 0.6) is 0 Å². The zero-order chi connectivity index (χ0) is 14.6. The molecule has 0 spiro atoms. The largest absolute Gasteiger partial charge is 0.310 e. The number of H-pyrrole nitrogens is 1. The van der Waals surface area contributed by atoms with E-state index in [0.717, 1.165) is 5.52 Å². The summed E-state index contributed by atoms with van der Waals surface area (Å²) in [4.78, 5) is 18.1. The highest BCUT2D eigenvalue weighted by Gasteiger charge is 1.97. The quantitative estimate of drug-likeness (QED) is 0.757. The Morgan fingerprint density at radius 3 is 2.00 bits per heavy atom. The van der Waals surface area contributed by atoms with Crippen LogP contribution in [0.3, 0.4) is 0 Å². The van der Waals surface area contributed by atoms with Gasteiger partial charge < -0.3 is 4.98 Å². The molecule has 0 amide bonds. The van der Waals surface area contributed by atoms with Crippen molar-refractivity contribution in [2.24, 2.45) is 0 Å². The number of benzene rings is 1. The van der Waals surface area contributed by atoms with Gasteiger partial charge in [0.1, 0.15) is 5.82 Å². The van der Waals surface area contributed by atoms with Crippen LogP contribution in [0.25, 0.3) is 10.9 Å². The van der Waals surface area contributed by atoms with Crippen molar-refractivity contribution in [3.05, 3.63) is 40.4 Å². The van der Waals surface area contributed by atoms with Crippen molar-refractivity contribution in [1.82, 2.24) is 9.97 Å². The summed E-state index contributed by atoms with van der Waals surface area (Å²) in [5.41, 5.74) is 0.678. The minimum absolute atomic E-state index is 0.0712. The highest BCUT2D eigenvalue weighted by Crippen LogP contribution is 2.04. The third-order valence-electron chi connectivity index (χ3n) is 1.73. The third kappa shape index (κ3) is 5.62. The zero-order valence-electron chi connectivity index (χ0n) is 12.7. The van der Waals surface area contributed by atoms with Crippen LogP contribution in [0.1, 0.15) is 47.4 Å². The van der Waals surface area contributed by atoms with E-state index in [9.17, 15) is 4.79 Å². The molecule has 0 saturated heterocycles. The average Bonchev–Trinajstić information content (AvgIpc) is 2.45. The lowest BCUT2D eigenvalue weighted by molar-refractivity contribution is 1.06. The first-order valence-electron chi connectivity index (χ1n) is 6.73. The van der Waals surface area contributed by atoms with Gasteiger partial charge in [0.2, 0.25) is 0 Å². The molecular weight excluding hydrogens is 224 g/mol. The number of nitrogens with zero attached hydrogens (tertiary/aromatic N) is 1. The molecule has 18 heavy (non-hydrogen) atoms. The van der Waals surface area contributed by atoms with E-state index in [0.29, 0.717) is 11.2 Å². The van der Waals surface area contributed by atoms with E-state index < -0.39 is 0 Å². The maximum absolute atomic E-state index is 11.3. The number of nitrogens with one attached hydrogen (secondary N) is 1. The summed E-state index contributed by atoms with van der Waals surface area (Å²) in [5, 5.41) is 0.642. The Bertz CT molecular complexity index is 475. The molecule has 3 nitrogen and oxygen atoms in total. The number of hydrogen-bond donors (Lipinski definition) is 1. The molecule has 0 radical (unpaired) electrons. The van der Waals surface area contributed by atoms with Crippen molar-refractivity contribution in [2.75, 3.05) is 0 Å². The number of aromatic nitrogens is 2. The first-order chi connectivity index (χ1) is 8.77. The van der Waals surface area contributed by atoms with Crippen LogP contribution in [0, 0.1) is 6.92 Å². The maximum Gasteiger partial charge on any atom is 0.258 e. The Balaban J connectivity index is 0. The molecule has 0 aliphatic heterocycles. The summed E-state index contributed by atoms with van der Waals surface area (Å²) >= 11 is 0. The Morgan fingerprint density at radius 2 is 1.44 bits per heavy atom. The van der Waals surface area contributed by atoms with Crippen molar-refractivity contribution >= 4 is 10.9 Å². The van der Waals surface area contributed by atoms with Gasteiger partial charge in [0.05, 0.1) is 10.9 Å². The second-order valence-corrected chi connectivity index (χ2v) is 2.67. The molecule has 0 saturated carbocycles. The topological polar surface area (TPSA) is 45.8 Å². The van der Waals surface area contributed by atoms with Gasteiger partial charge in [-0.05, 0) is 19.1 Å². The minimum Gasteiger partial charge on any atom is -0.310 e. The molecule has 1 N–H and O–H groups in total. The minimum atomic E-state index is -0.0712. The Labute approximate surface area is 110 Å². The molecule has 1 aromatic heterocycles. The van der Waals surface area contributed by atoms with E-state index in [4.69, 9.17) is 0 Å². The van der Waals surface area contributed by atoms with Gasteiger partial charge in [0, 0.05) is 0 Å². The van der Waals surface area contributed by atoms with Crippen LogP contribution >= 0.6 is 0 Å². The fraction of sp³-hybridized carbons (Fsp3) is 0.467. The molecule has 2 aromatic rings. The number of aryl methyl sites for hydroxylation is 1. The molecular formula is C15H26N2O. The molecule has 0 bridgehead atoms. The summed E-state index contributed by atoms with van der Waals surface area (Å²) in [6.45, 7) is 13.8. The van der Waals surface area contributed by atoms with Crippen LogP contribution in [-0.2, 0) is 0 Å². The predicted molar refractivity (Wildman–Crippen MR) is 81.1 cm³/mol. The first-order valence-corrected chi connectivity index (χ1v) is 6.73. The fourth-order valence-corrected chi connectivity index (χ4v) is 1.20. The Kier molecular flexibility index (Phi) is 12.3. The number of hydrogen-bond acceptors (Lipinski definition) is 2. The van der Waals surface area contributed by atoms with Gasteiger partial charge in [-0.25, -0.2) is 4.98 Å². The highest BCUT2D eigenvalue weighted by atomic mass is 16.1. The predicted octanol–water partition coefficient (Wildman–Crippen LogP) is 4.31. The zero-order valence-corrected chi connectivity index (χ0v) is 12.7. The lowest BCUT2D eigenvalue weighted by Crippen LogP contribution is -2.09. The number of aromatic amines is 1. The van der Waals surface area contributed by atoms with E-state index in [1.807, 2.05) is 59.7 Å². The van der Waals surface area contributed by atoms with Crippen LogP contribution < -0.4 is 5.56 Å². The van der Waals surface area contributed by atoms with Crippen molar-refractivity contribution in [1.29, 1.82) is 0 Å². The molecule has 0 atom stereocenters. The number of rotatable bonds is 0. The van der Waals surface area contributed by atoms with Crippen LogP contribution in [0.2, 0.25) is 0 Å². The third-order valence-corrected chi connectivity index (χ3v) is 1.73. The lowest BCUT2D eigenvalue weighted by Gasteiger charge is -1.95. The van der Waals surface area contributed by atoms with E-state index in [-0.39, 0.29) is 5.56 Å². The van der Waals surface area contributed by atoms with Crippen molar-refractivity contribution in [3.8, 4) is 0 Å². The van der Waals surface area contributed by atoms with E-state index in [1.165, 1.54) is 0 Å². The smallest absolute Gasteiger partial charge is 0.258 e. The fourth-order valence-electron chi connectivity index (χ4n) is 1.20. The molecule has 2 rings (SSSR count). The van der Waals surface area contributed by atoms with Gasteiger partial charge in [0.15, 0.2) is 0 Å². The standard InChI is InChI=1S/C9H8N2O.3C2H6/c1-6-10-8-5-3-2-4-7(8)9(12)11-6;3*1-2/h2-5H,1H3,(H,10,11,12);3*1-2H3. The lowest BCUT2D eigenvalue weighted by atomic mass is 10.2.